The van der Waals surface area contributed by atoms with Crippen molar-refractivity contribution in [2.45, 2.75) is 217 Å². The van der Waals surface area contributed by atoms with E-state index in [9.17, 15) is 30.3 Å². The maximum absolute atomic E-state index is 13.0. The molecular formula is C53H89NO8. The molecule has 7 atom stereocenters. The molecule has 0 aromatic rings. The second-order valence-corrected chi connectivity index (χ2v) is 16.5. The number of amides is 1. The summed E-state index contributed by atoms with van der Waals surface area (Å²) in [6.45, 7) is 3.60. The van der Waals surface area contributed by atoms with E-state index in [1.807, 2.05) is 6.08 Å². The van der Waals surface area contributed by atoms with Gasteiger partial charge in [0.2, 0.25) is 5.91 Å². The molecule has 1 rings (SSSR count). The number of hydrogen-bond donors (Lipinski definition) is 6. The Morgan fingerprint density at radius 2 is 1.02 bits per heavy atom. The summed E-state index contributed by atoms with van der Waals surface area (Å²) in [5.41, 5.74) is 0. The monoisotopic (exact) mass is 868 g/mol. The number of ether oxygens (including phenoxy) is 2. The fraction of sp³-hybridized carbons (Fsp3) is 0.679. The van der Waals surface area contributed by atoms with Crippen LogP contribution in [0.4, 0.5) is 0 Å². The Morgan fingerprint density at radius 1 is 0.565 bits per heavy atom. The van der Waals surface area contributed by atoms with Gasteiger partial charge in [0.1, 0.15) is 24.4 Å². The Morgan fingerprint density at radius 3 is 1.55 bits per heavy atom. The van der Waals surface area contributed by atoms with Gasteiger partial charge in [0, 0.05) is 6.42 Å². The van der Waals surface area contributed by atoms with Crippen LogP contribution in [-0.4, -0.2) is 87.5 Å². The fourth-order valence-electron chi connectivity index (χ4n) is 7.00. The van der Waals surface area contributed by atoms with Crippen molar-refractivity contribution in [2.75, 3.05) is 13.2 Å². The van der Waals surface area contributed by atoms with Crippen molar-refractivity contribution >= 4 is 5.91 Å². The predicted octanol–water partition coefficient (Wildman–Crippen LogP) is 10.9. The van der Waals surface area contributed by atoms with Crippen molar-refractivity contribution in [3.8, 4) is 0 Å². The molecular weight excluding hydrogens is 779 g/mol. The Hall–Kier alpha value is -2.89. The van der Waals surface area contributed by atoms with Gasteiger partial charge in [0.05, 0.1) is 25.4 Å². The molecule has 1 fully saturated rings. The quantitative estimate of drug-likeness (QED) is 0.0264. The van der Waals surface area contributed by atoms with E-state index in [0.717, 1.165) is 89.9 Å². The molecule has 0 aromatic carbocycles. The summed E-state index contributed by atoms with van der Waals surface area (Å²) in [5.74, 6) is -0.202. The zero-order valence-electron chi connectivity index (χ0n) is 38.8. The molecule has 9 nitrogen and oxygen atoms in total. The predicted molar refractivity (Wildman–Crippen MR) is 258 cm³/mol. The lowest BCUT2D eigenvalue weighted by Crippen LogP contribution is -2.60. The van der Waals surface area contributed by atoms with Gasteiger partial charge in [-0.25, -0.2) is 0 Å². The molecule has 0 radical (unpaired) electrons. The van der Waals surface area contributed by atoms with Crippen molar-refractivity contribution in [1.29, 1.82) is 0 Å². The number of allylic oxidation sites excluding steroid dienone is 15. The van der Waals surface area contributed by atoms with Crippen LogP contribution in [0.3, 0.4) is 0 Å². The zero-order chi connectivity index (χ0) is 45.1. The smallest absolute Gasteiger partial charge is 0.220 e. The third-order valence-corrected chi connectivity index (χ3v) is 10.9. The molecule has 354 valence electrons. The van der Waals surface area contributed by atoms with E-state index in [-0.39, 0.29) is 12.5 Å². The first-order valence-electron chi connectivity index (χ1n) is 24.5. The molecule has 1 aliphatic rings. The minimum atomic E-state index is -1.58. The molecule has 1 saturated heterocycles. The molecule has 1 aliphatic heterocycles. The highest BCUT2D eigenvalue weighted by Gasteiger charge is 2.44. The lowest BCUT2D eigenvalue weighted by molar-refractivity contribution is -0.302. The summed E-state index contributed by atoms with van der Waals surface area (Å²) in [6.07, 6.45) is 53.1. The fourth-order valence-corrected chi connectivity index (χ4v) is 7.00. The zero-order valence-corrected chi connectivity index (χ0v) is 38.8. The molecule has 7 unspecified atom stereocenters. The molecule has 1 amide bonds. The Balaban J connectivity index is 2.29. The summed E-state index contributed by atoms with van der Waals surface area (Å²) in [7, 11) is 0. The van der Waals surface area contributed by atoms with Gasteiger partial charge in [0.25, 0.3) is 0 Å². The highest BCUT2D eigenvalue weighted by molar-refractivity contribution is 5.76. The average Bonchev–Trinajstić information content (AvgIpc) is 3.27. The Bertz CT molecular complexity index is 1280. The van der Waals surface area contributed by atoms with Gasteiger partial charge >= 0.3 is 0 Å². The maximum atomic E-state index is 13.0. The molecule has 1 heterocycles. The summed E-state index contributed by atoms with van der Waals surface area (Å²) >= 11 is 0. The lowest BCUT2D eigenvalue weighted by atomic mass is 9.99. The number of unbranched alkanes of at least 4 members (excludes halogenated alkanes) is 15. The number of aliphatic hydroxyl groups is 5. The SMILES string of the molecule is CC/C=C\C/C=C\C/C=C\C/C=C\C/C=C\C/C=C\CCCCCCCCCCC(=O)NC(COC1OC(CO)C(O)C(O)C1O)C(O)/C=C/CC/C=C/CCCCCCCC. The molecule has 0 bridgehead atoms. The third-order valence-electron chi connectivity index (χ3n) is 10.9. The van der Waals surface area contributed by atoms with Crippen LogP contribution in [0.1, 0.15) is 174 Å². The van der Waals surface area contributed by atoms with Crippen molar-refractivity contribution in [2.24, 2.45) is 0 Å². The summed E-state index contributed by atoms with van der Waals surface area (Å²) < 4.78 is 11.2. The third kappa shape index (κ3) is 31.9. The number of rotatable bonds is 39. The van der Waals surface area contributed by atoms with Crippen LogP contribution >= 0.6 is 0 Å². The van der Waals surface area contributed by atoms with E-state index in [0.29, 0.717) is 6.42 Å². The van der Waals surface area contributed by atoms with E-state index < -0.39 is 49.5 Å². The van der Waals surface area contributed by atoms with Gasteiger partial charge in [-0.1, -0.05) is 182 Å². The van der Waals surface area contributed by atoms with Gasteiger partial charge in [-0.3, -0.25) is 4.79 Å². The number of aliphatic hydroxyl groups excluding tert-OH is 5. The molecule has 0 saturated carbocycles. The summed E-state index contributed by atoms with van der Waals surface area (Å²) in [5, 5.41) is 54.2. The van der Waals surface area contributed by atoms with E-state index in [1.54, 1.807) is 6.08 Å². The van der Waals surface area contributed by atoms with Crippen LogP contribution in [0.15, 0.2) is 97.2 Å². The lowest BCUT2D eigenvalue weighted by Gasteiger charge is -2.40. The van der Waals surface area contributed by atoms with Crippen molar-refractivity contribution in [1.82, 2.24) is 5.32 Å². The summed E-state index contributed by atoms with van der Waals surface area (Å²) in [4.78, 5) is 13.0. The number of hydrogen-bond acceptors (Lipinski definition) is 8. The maximum Gasteiger partial charge on any atom is 0.220 e. The van der Waals surface area contributed by atoms with Gasteiger partial charge in [-0.15, -0.1) is 0 Å². The first-order valence-corrected chi connectivity index (χ1v) is 24.5. The molecule has 0 spiro atoms. The minimum Gasteiger partial charge on any atom is -0.394 e. The largest absolute Gasteiger partial charge is 0.394 e. The minimum absolute atomic E-state index is 0.202. The average molecular weight is 868 g/mol. The van der Waals surface area contributed by atoms with Crippen molar-refractivity contribution in [3.05, 3.63) is 97.2 Å². The molecule has 6 N–H and O–H groups in total. The van der Waals surface area contributed by atoms with Crippen LogP contribution in [0.5, 0.6) is 0 Å². The Labute approximate surface area is 377 Å². The van der Waals surface area contributed by atoms with Crippen molar-refractivity contribution < 1.29 is 39.8 Å². The number of nitrogens with one attached hydrogen (secondary N) is 1. The number of carbonyl (C=O) groups excluding carboxylic acids is 1. The first-order chi connectivity index (χ1) is 30.3. The van der Waals surface area contributed by atoms with Crippen LogP contribution in [0.2, 0.25) is 0 Å². The van der Waals surface area contributed by atoms with Crippen LogP contribution < -0.4 is 5.32 Å². The van der Waals surface area contributed by atoms with E-state index in [2.05, 4.69) is 104 Å². The van der Waals surface area contributed by atoms with Gasteiger partial charge in [-0.2, -0.15) is 0 Å². The van der Waals surface area contributed by atoms with Gasteiger partial charge in [0.15, 0.2) is 6.29 Å². The standard InChI is InChI=1S/C53H89NO8/c1-3-5-7-9-11-13-15-17-18-19-20-21-22-23-24-25-26-27-28-29-30-31-33-35-37-39-41-43-49(57)54-46(45-61-53-52(60)51(59)50(58)48(44-55)62-53)47(56)42-40-38-36-34-32-16-14-12-10-8-6-4-2/h5,7,11,13,17-18,20-21,23-24,26-27,32,34,40,42,46-48,50-53,55-56,58-60H,3-4,6,8-10,12,14-16,19,22,25,28-31,33,35-39,41,43-45H2,1-2H3,(H,54,57)/b7-5-,13-11-,18-17-,21-20-,24-23-,27-26-,34-32+,42-40+. The van der Waals surface area contributed by atoms with Crippen molar-refractivity contribution in [3.63, 3.8) is 0 Å². The highest BCUT2D eigenvalue weighted by atomic mass is 16.7. The van der Waals surface area contributed by atoms with Gasteiger partial charge in [-0.05, 0) is 83.5 Å². The normalized spacial score (nSPS) is 21.2. The van der Waals surface area contributed by atoms with E-state index in [1.165, 1.54) is 64.2 Å². The second kappa shape index (κ2) is 42.1. The van der Waals surface area contributed by atoms with Gasteiger partial charge < -0.3 is 40.3 Å². The topological polar surface area (TPSA) is 149 Å². The molecule has 0 aliphatic carbocycles. The molecule has 62 heavy (non-hydrogen) atoms. The van der Waals surface area contributed by atoms with Crippen LogP contribution in [0.25, 0.3) is 0 Å². The number of carbonyl (C=O) groups is 1. The Kier molecular flexibility index (Phi) is 38.8. The molecule has 0 aromatic heterocycles. The summed E-state index contributed by atoms with van der Waals surface area (Å²) in [6, 6.07) is -0.831. The second-order valence-electron chi connectivity index (χ2n) is 16.5. The first kappa shape index (κ1) is 57.1. The highest BCUT2D eigenvalue weighted by Crippen LogP contribution is 2.22. The van der Waals surface area contributed by atoms with E-state index in [4.69, 9.17) is 9.47 Å². The van der Waals surface area contributed by atoms with Crippen LogP contribution in [0, 0.1) is 0 Å². The van der Waals surface area contributed by atoms with E-state index >= 15 is 0 Å². The van der Waals surface area contributed by atoms with Crippen LogP contribution in [-0.2, 0) is 14.3 Å². The molecule has 9 heteroatoms.